The van der Waals surface area contributed by atoms with Crippen LogP contribution in [0.3, 0.4) is 0 Å². The van der Waals surface area contributed by atoms with Crippen molar-refractivity contribution in [2.75, 3.05) is 16.4 Å². The minimum absolute atomic E-state index is 0.0170. The number of imide groups is 2. The van der Waals surface area contributed by atoms with E-state index in [1.807, 2.05) is 13.8 Å². The normalized spacial score (nSPS) is 20.6. The van der Waals surface area contributed by atoms with Crippen molar-refractivity contribution in [2.45, 2.75) is 72.4 Å². The maximum absolute atomic E-state index is 13.4. The number of ether oxygens (including phenoxy) is 1. The summed E-state index contributed by atoms with van der Waals surface area (Å²) in [4.78, 5) is 42.3. The number of hydrogen-bond donors (Lipinski definition) is 1. The van der Waals surface area contributed by atoms with Crippen LogP contribution in [-0.2, 0) is 9.59 Å². The van der Waals surface area contributed by atoms with Gasteiger partial charge in [-0.1, -0.05) is 13.0 Å². The fourth-order valence-corrected chi connectivity index (χ4v) is 5.67. The topological polar surface area (TPSA) is 79.0 Å². The number of benzene rings is 2. The van der Waals surface area contributed by atoms with E-state index in [0.29, 0.717) is 30.0 Å². The molecule has 1 saturated heterocycles. The predicted octanol–water partition coefficient (Wildman–Crippen LogP) is 5.56. The summed E-state index contributed by atoms with van der Waals surface area (Å²) in [5, 5.41) is 2.31. The van der Waals surface area contributed by atoms with Crippen LogP contribution in [0.5, 0.6) is 5.75 Å². The van der Waals surface area contributed by atoms with Crippen LogP contribution in [0.1, 0.15) is 70.6 Å². The fraction of sp³-hybridized carbons (Fsp3) is 0.414. The van der Waals surface area contributed by atoms with Crippen molar-refractivity contribution in [3.63, 3.8) is 0 Å². The van der Waals surface area contributed by atoms with Crippen molar-refractivity contribution in [3.05, 3.63) is 58.7 Å². The van der Waals surface area contributed by atoms with Crippen LogP contribution in [0, 0.1) is 6.92 Å². The Morgan fingerprint density at radius 2 is 1.89 bits per heavy atom. The first-order chi connectivity index (χ1) is 16.9. The van der Waals surface area contributed by atoms with E-state index < -0.39 is 17.8 Å². The van der Waals surface area contributed by atoms with Crippen molar-refractivity contribution < 1.29 is 19.1 Å². The summed E-state index contributed by atoms with van der Waals surface area (Å²) in [6.07, 6.45) is 2.60. The van der Waals surface area contributed by atoms with Crippen LogP contribution >= 0.6 is 0 Å². The minimum Gasteiger partial charge on any atom is -0.494 e. The third-order valence-electron chi connectivity index (χ3n) is 6.97. The van der Waals surface area contributed by atoms with E-state index in [4.69, 9.17) is 4.74 Å². The molecule has 2 aromatic carbocycles. The van der Waals surface area contributed by atoms with Gasteiger partial charge < -0.3 is 9.64 Å². The van der Waals surface area contributed by atoms with Crippen molar-refractivity contribution in [2.24, 2.45) is 0 Å². The molecule has 1 fully saturated rings. The number of urea groups is 1. The Labute approximate surface area is 213 Å². The molecule has 0 aliphatic carbocycles. The van der Waals surface area contributed by atoms with E-state index >= 15 is 0 Å². The molecule has 4 amide bonds. The summed E-state index contributed by atoms with van der Waals surface area (Å²) in [6, 6.07) is 10.5. The molecule has 0 saturated carbocycles. The zero-order valence-corrected chi connectivity index (χ0v) is 22.1. The summed E-state index contributed by atoms with van der Waals surface area (Å²) in [5.74, 6) is -0.502. The van der Waals surface area contributed by atoms with Crippen LogP contribution in [0.2, 0.25) is 0 Å². The number of amides is 4. The number of rotatable bonds is 5. The van der Waals surface area contributed by atoms with Gasteiger partial charge >= 0.3 is 6.03 Å². The zero-order chi connectivity index (χ0) is 26.4. The van der Waals surface area contributed by atoms with E-state index in [0.717, 1.165) is 22.4 Å². The Hall–Kier alpha value is -3.61. The molecule has 1 unspecified atom stereocenters. The quantitative estimate of drug-likeness (QED) is 0.439. The van der Waals surface area contributed by atoms with Gasteiger partial charge in [0.15, 0.2) is 0 Å². The fourth-order valence-electron chi connectivity index (χ4n) is 5.67. The van der Waals surface area contributed by atoms with E-state index in [-0.39, 0.29) is 11.1 Å². The van der Waals surface area contributed by atoms with Crippen LogP contribution in [0.25, 0.3) is 6.08 Å². The van der Waals surface area contributed by atoms with Crippen molar-refractivity contribution in [1.29, 1.82) is 0 Å². The number of barbiturate groups is 1. The largest absolute Gasteiger partial charge is 0.494 e. The van der Waals surface area contributed by atoms with Crippen molar-refractivity contribution in [3.8, 4) is 5.75 Å². The maximum atomic E-state index is 13.4. The summed E-state index contributed by atoms with van der Waals surface area (Å²) in [7, 11) is 0. The molecule has 4 rings (SSSR count). The van der Waals surface area contributed by atoms with E-state index in [1.54, 1.807) is 30.3 Å². The lowest BCUT2D eigenvalue weighted by Crippen LogP contribution is -2.54. The molecule has 0 bridgehead atoms. The van der Waals surface area contributed by atoms with Gasteiger partial charge in [-0.2, -0.15) is 0 Å². The molecular formula is C29H35N3O4. The summed E-state index contributed by atoms with van der Waals surface area (Å²) in [6.45, 7) is 15.5. The highest BCUT2D eigenvalue weighted by Gasteiger charge is 2.39. The molecule has 0 radical (unpaired) electrons. The van der Waals surface area contributed by atoms with E-state index in [1.165, 1.54) is 11.3 Å². The third-order valence-corrected chi connectivity index (χ3v) is 6.97. The smallest absolute Gasteiger partial charge is 0.335 e. The van der Waals surface area contributed by atoms with Gasteiger partial charge in [0.2, 0.25) is 0 Å². The van der Waals surface area contributed by atoms with Crippen LogP contribution in [0.15, 0.2) is 42.0 Å². The Balaban J connectivity index is 1.77. The number of fused-ring (bicyclic) bond motifs is 1. The summed E-state index contributed by atoms with van der Waals surface area (Å²) < 4.78 is 5.51. The Kier molecular flexibility index (Phi) is 6.69. The molecule has 36 heavy (non-hydrogen) atoms. The van der Waals surface area contributed by atoms with Gasteiger partial charge in [-0.15, -0.1) is 0 Å². The Bertz CT molecular complexity index is 1260. The predicted molar refractivity (Wildman–Crippen MR) is 143 cm³/mol. The number of hydrogen-bond acceptors (Lipinski definition) is 5. The van der Waals surface area contributed by atoms with Crippen LogP contribution < -0.4 is 19.9 Å². The number of nitrogens with one attached hydrogen (secondary N) is 1. The second-order valence-electron chi connectivity index (χ2n) is 10.5. The lowest BCUT2D eigenvalue weighted by molar-refractivity contribution is -0.122. The van der Waals surface area contributed by atoms with Crippen molar-refractivity contribution in [1.82, 2.24) is 5.32 Å². The first-order valence-corrected chi connectivity index (χ1v) is 12.5. The molecule has 2 aliphatic rings. The van der Waals surface area contributed by atoms with Gasteiger partial charge in [0.25, 0.3) is 11.8 Å². The molecular weight excluding hydrogens is 454 g/mol. The average Bonchev–Trinajstić information content (AvgIpc) is 2.76. The van der Waals surface area contributed by atoms with Gasteiger partial charge in [-0.3, -0.25) is 14.9 Å². The van der Waals surface area contributed by atoms with Gasteiger partial charge in [-0.05, 0) is 101 Å². The molecule has 2 aliphatic heterocycles. The number of anilines is 2. The number of nitrogens with zero attached hydrogens (tertiary/aromatic N) is 2. The number of carbonyl (C=O) groups is 3. The van der Waals surface area contributed by atoms with Gasteiger partial charge in [0.1, 0.15) is 11.3 Å². The maximum Gasteiger partial charge on any atom is 0.335 e. The first-order valence-electron chi connectivity index (χ1n) is 12.5. The van der Waals surface area contributed by atoms with Crippen LogP contribution in [0.4, 0.5) is 16.2 Å². The molecule has 7 heteroatoms. The second-order valence-corrected chi connectivity index (χ2v) is 10.5. The molecule has 1 atom stereocenters. The van der Waals surface area contributed by atoms with Crippen molar-refractivity contribution >= 4 is 35.3 Å². The first kappa shape index (κ1) is 25.5. The zero-order valence-electron chi connectivity index (χ0n) is 22.1. The number of carbonyl (C=O) groups excluding carboxylic acids is 3. The lowest BCUT2D eigenvalue weighted by atomic mass is 9.78. The monoisotopic (exact) mass is 489 g/mol. The highest BCUT2D eigenvalue weighted by molar-refractivity contribution is 6.39. The van der Waals surface area contributed by atoms with Gasteiger partial charge in [0, 0.05) is 23.3 Å². The molecule has 190 valence electrons. The molecule has 1 N–H and O–H groups in total. The standard InChI is InChI=1S/C29H35N3O4/c1-8-36-22-11-9-10-21(15-22)31-27(34)24(26(33)30-28(31)35)14-20-13-23-19(5)16-29(6,7)32(17(2)3)25(23)12-18(20)4/h9-15,17,19H,8,16H2,1-7H3,(H,30,33,35)/b24-14+. The average molecular weight is 490 g/mol. The summed E-state index contributed by atoms with van der Waals surface area (Å²) >= 11 is 0. The molecule has 0 spiro atoms. The molecule has 0 aromatic heterocycles. The van der Waals surface area contributed by atoms with Gasteiger partial charge in [0.05, 0.1) is 12.3 Å². The van der Waals surface area contributed by atoms with Crippen LogP contribution in [-0.4, -0.2) is 36.0 Å². The summed E-state index contributed by atoms with van der Waals surface area (Å²) in [5.41, 5.74) is 4.41. The van der Waals surface area contributed by atoms with E-state index in [9.17, 15) is 14.4 Å². The minimum atomic E-state index is -0.776. The SMILES string of the molecule is CCOc1cccc(N2C(=O)NC(=O)/C(=C\c3cc4c(cc3C)N(C(C)C)C(C)(C)CC4C)C2=O)c1. The molecule has 2 aromatic rings. The third kappa shape index (κ3) is 4.50. The Morgan fingerprint density at radius 1 is 1.17 bits per heavy atom. The number of aryl methyl sites for hydroxylation is 1. The lowest BCUT2D eigenvalue weighted by Gasteiger charge is -2.50. The van der Waals surface area contributed by atoms with Gasteiger partial charge in [-0.25, -0.2) is 9.69 Å². The highest BCUT2D eigenvalue weighted by Crippen LogP contribution is 2.45. The van der Waals surface area contributed by atoms with E-state index in [2.05, 4.69) is 57.0 Å². The second kappa shape index (κ2) is 9.45. The Morgan fingerprint density at radius 3 is 2.56 bits per heavy atom. The molecule has 7 nitrogen and oxygen atoms in total. The molecule has 2 heterocycles. The highest BCUT2D eigenvalue weighted by atomic mass is 16.5.